The summed E-state index contributed by atoms with van der Waals surface area (Å²) in [5, 5.41) is 32.9. The van der Waals surface area contributed by atoms with E-state index in [9.17, 15) is 15.3 Å². The highest BCUT2D eigenvalue weighted by atomic mass is 16.3. The number of aliphatic hydroxyl groups is 3. The summed E-state index contributed by atoms with van der Waals surface area (Å²) >= 11 is 0. The van der Waals surface area contributed by atoms with Crippen molar-refractivity contribution in [2.24, 2.45) is 34.5 Å². The number of fused-ring (bicyclic) bond motifs is 5. The largest absolute Gasteiger partial charge is 0.393 e. The van der Waals surface area contributed by atoms with Gasteiger partial charge in [0.25, 0.3) is 0 Å². The topological polar surface area (TPSA) is 60.7 Å². The molecule has 0 heterocycles. The van der Waals surface area contributed by atoms with E-state index in [0.29, 0.717) is 11.8 Å². The lowest BCUT2D eigenvalue weighted by molar-refractivity contribution is -0.108. The summed E-state index contributed by atoms with van der Waals surface area (Å²) in [6, 6.07) is 0. The third kappa shape index (κ3) is 3.42. The zero-order valence-corrected chi connectivity index (χ0v) is 20.5. The van der Waals surface area contributed by atoms with Crippen molar-refractivity contribution in [1.82, 2.24) is 0 Å². The van der Waals surface area contributed by atoms with E-state index < -0.39 is 11.2 Å². The minimum Gasteiger partial charge on any atom is -0.393 e. The van der Waals surface area contributed by atoms with E-state index in [-0.39, 0.29) is 28.8 Å². The molecule has 0 unspecified atom stereocenters. The second kappa shape index (κ2) is 7.57. The Bertz CT molecular complexity index is 805. The summed E-state index contributed by atoms with van der Waals surface area (Å²) in [7, 11) is 0. The second-order valence-corrected chi connectivity index (χ2v) is 12.2. The van der Waals surface area contributed by atoms with Crippen LogP contribution in [0.15, 0.2) is 35.5 Å². The van der Waals surface area contributed by atoms with E-state index in [1.807, 2.05) is 26.8 Å². The molecule has 3 N–H and O–H groups in total. The highest BCUT2D eigenvalue weighted by Gasteiger charge is 2.63. The van der Waals surface area contributed by atoms with Gasteiger partial charge in [-0.2, -0.15) is 0 Å². The Morgan fingerprint density at radius 1 is 1.03 bits per heavy atom. The van der Waals surface area contributed by atoms with Crippen molar-refractivity contribution in [2.75, 3.05) is 0 Å². The van der Waals surface area contributed by atoms with Gasteiger partial charge in [-0.15, -0.1) is 0 Å². The van der Waals surface area contributed by atoms with E-state index in [4.69, 9.17) is 0 Å². The predicted octanol–water partition coefficient (Wildman–Crippen LogP) is 5.56. The van der Waals surface area contributed by atoms with Crippen LogP contribution in [-0.4, -0.2) is 32.6 Å². The maximum Gasteiger partial charge on any atom is 0.0822 e. The summed E-state index contributed by atoms with van der Waals surface area (Å²) in [5.41, 5.74) is 1.42. The molecule has 0 amide bonds. The quantitative estimate of drug-likeness (QED) is 0.514. The van der Waals surface area contributed by atoms with E-state index in [1.54, 1.807) is 5.57 Å². The molecule has 0 aliphatic heterocycles. The van der Waals surface area contributed by atoms with Crippen LogP contribution in [0.25, 0.3) is 0 Å². The summed E-state index contributed by atoms with van der Waals surface area (Å²) in [6.45, 7) is 12.8. The Balaban J connectivity index is 1.63. The van der Waals surface area contributed by atoms with Gasteiger partial charge in [-0.1, -0.05) is 70.1 Å². The monoisotopic (exact) mass is 428 g/mol. The molecule has 0 spiro atoms. The lowest BCUT2D eigenvalue weighted by Gasteiger charge is -2.56. The van der Waals surface area contributed by atoms with Crippen molar-refractivity contribution >= 4 is 0 Å². The van der Waals surface area contributed by atoms with E-state index in [1.165, 1.54) is 5.57 Å². The molecule has 0 radical (unpaired) electrons. The fraction of sp³-hybridized carbons (Fsp3) is 0.786. The molecule has 0 aromatic heterocycles. The van der Waals surface area contributed by atoms with E-state index in [2.05, 4.69) is 39.0 Å². The van der Waals surface area contributed by atoms with Gasteiger partial charge in [-0.25, -0.2) is 0 Å². The standard InChI is InChI=1S/C28H44O3/c1-18(2)27(6,30)15-9-19(3)28(31)16-12-24-22-8-7-20-17-21(29)10-13-25(20,4)23(22)11-14-26(24,28)5/h7-9,15,18-19,21,23-24,29-31H,10-14,16-17H2,1-6H3/b15-9+/t19-,21+,23+,24+,25+,26+,27-,28+/m1/s1. The Hall–Kier alpha value is -0.900. The van der Waals surface area contributed by atoms with Gasteiger partial charge in [0.15, 0.2) is 0 Å². The third-order valence-corrected chi connectivity index (χ3v) is 10.4. The average molecular weight is 429 g/mol. The molecule has 31 heavy (non-hydrogen) atoms. The van der Waals surface area contributed by atoms with Gasteiger partial charge in [0.2, 0.25) is 0 Å². The van der Waals surface area contributed by atoms with E-state index in [0.717, 1.165) is 44.9 Å². The Morgan fingerprint density at radius 2 is 1.71 bits per heavy atom. The van der Waals surface area contributed by atoms with Crippen LogP contribution >= 0.6 is 0 Å². The van der Waals surface area contributed by atoms with Gasteiger partial charge < -0.3 is 15.3 Å². The Kier molecular flexibility index (Phi) is 5.68. The number of allylic oxidation sites excluding steroid dienone is 3. The lowest BCUT2D eigenvalue weighted by atomic mass is 9.49. The first-order valence-corrected chi connectivity index (χ1v) is 12.6. The Labute approximate surface area is 189 Å². The first-order chi connectivity index (χ1) is 14.3. The minimum atomic E-state index is -0.853. The van der Waals surface area contributed by atoms with E-state index >= 15 is 0 Å². The first kappa shape index (κ1) is 23.3. The van der Waals surface area contributed by atoms with Crippen molar-refractivity contribution in [2.45, 2.75) is 104 Å². The van der Waals surface area contributed by atoms with Gasteiger partial charge in [0, 0.05) is 11.3 Å². The molecule has 3 saturated carbocycles. The fourth-order valence-electron chi connectivity index (χ4n) is 7.48. The van der Waals surface area contributed by atoms with Gasteiger partial charge in [-0.3, -0.25) is 0 Å². The van der Waals surface area contributed by atoms with Crippen LogP contribution in [0.4, 0.5) is 0 Å². The number of rotatable bonds is 4. The SMILES string of the molecule is CC(C)[C@](C)(O)/C=C/[C@@H](C)[C@@]1(O)CC[C@H]2C3=CC=C4C[C@@H](O)CC[C@]4(C)[C@H]3CC[C@@]21C. The molecular formula is C28H44O3. The van der Waals surface area contributed by atoms with Gasteiger partial charge in [0.1, 0.15) is 0 Å². The third-order valence-electron chi connectivity index (χ3n) is 10.4. The molecule has 8 atom stereocenters. The summed E-state index contributed by atoms with van der Waals surface area (Å²) in [6.07, 6.45) is 15.3. The molecule has 4 aliphatic carbocycles. The smallest absolute Gasteiger partial charge is 0.0822 e. The zero-order valence-electron chi connectivity index (χ0n) is 20.5. The van der Waals surface area contributed by atoms with Gasteiger partial charge >= 0.3 is 0 Å². The molecule has 174 valence electrons. The van der Waals surface area contributed by atoms with Crippen LogP contribution < -0.4 is 0 Å². The summed E-state index contributed by atoms with van der Waals surface area (Å²) < 4.78 is 0. The van der Waals surface area contributed by atoms with Crippen molar-refractivity contribution < 1.29 is 15.3 Å². The van der Waals surface area contributed by atoms with Crippen molar-refractivity contribution in [3.05, 3.63) is 35.5 Å². The van der Waals surface area contributed by atoms with Crippen LogP contribution in [-0.2, 0) is 0 Å². The van der Waals surface area contributed by atoms with Crippen LogP contribution in [0.1, 0.15) is 86.5 Å². The molecule has 0 saturated heterocycles. The highest BCUT2D eigenvalue weighted by Crippen LogP contribution is 2.67. The number of aliphatic hydroxyl groups excluding tert-OH is 1. The van der Waals surface area contributed by atoms with Gasteiger partial charge in [-0.05, 0) is 75.0 Å². The molecule has 0 bridgehead atoms. The first-order valence-electron chi connectivity index (χ1n) is 12.6. The van der Waals surface area contributed by atoms with Gasteiger partial charge in [0.05, 0.1) is 17.3 Å². The minimum absolute atomic E-state index is 0.0000157. The fourth-order valence-corrected chi connectivity index (χ4v) is 7.48. The molecule has 3 fully saturated rings. The highest BCUT2D eigenvalue weighted by molar-refractivity contribution is 5.40. The molecule has 3 heteroatoms. The molecular weight excluding hydrogens is 384 g/mol. The molecule has 0 aromatic rings. The maximum atomic E-state index is 12.1. The summed E-state index contributed by atoms with van der Waals surface area (Å²) in [4.78, 5) is 0. The van der Waals surface area contributed by atoms with Crippen molar-refractivity contribution in [1.29, 1.82) is 0 Å². The number of hydrogen-bond acceptors (Lipinski definition) is 3. The van der Waals surface area contributed by atoms with Crippen LogP contribution in [0.3, 0.4) is 0 Å². The molecule has 0 aromatic carbocycles. The lowest BCUT2D eigenvalue weighted by Crippen LogP contribution is -2.54. The predicted molar refractivity (Wildman–Crippen MR) is 126 cm³/mol. The van der Waals surface area contributed by atoms with Crippen molar-refractivity contribution in [3.63, 3.8) is 0 Å². The molecule has 4 aliphatic rings. The average Bonchev–Trinajstić information content (AvgIpc) is 2.99. The van der Waals surface area contributed by atoms with Crippen LogP contribution in [0, 0.1) is 34.5 Å². The normalized spacial score (nSPS) is 45.4. The second-order valence-electron chi connectivity index (χ2n) is 12.2. The zero-order chi connectivity index (χ0) is 22.8. The van der Waals surface area contributed by atoms with Crippen LogP contribution in [0.5, 0.6) is 0 Å². The van der Waals surface area contributed by atoms with Crippen molar-refractivity contribution in [3.8, 4) is 0 Å². The summed E-state index contributed by atoms with van der Waals surface area (Å²) in [5.74, 6) is 1.10. The van der Waals surface area contributed by atoms with Crippen LogP contribution in [0.2, 0.25) is 0 Å². The Morgan fingerprint density at radius 3 is 2.39 bits per heavy atom. The number of hydrogen-bond donors (Lipinski definition) is 3. The maximum absolute atomic E-state index is 12.1. The molecule has 4 rings (SSSR count). The molecule has 3 nitrogen and oxygen atoms in total.